The van der Waals surface area contributed by atoms with Gasteiger partial charge in [0.25, 0.3) is 0 Å². The Morgan fingerprint density at radius 2 is 2.15 bits per heavy atom. The molecule has 0 aromatic carbocycles. The maximum atomic E-state index is 12.2. The summed E-state index contributed by atoms with van der Waals surface area (Å²) in [6.07, 6.45) is 3.79. The molecule has 2 rings (SSSR count). The molecular formula is C13H20N4O3. The third-order valence-electron chi connectivity index (χ3n) is 3.91. The van der Waals surface area contributed by atoms with Crippen LogP contribution in [0.1, 0.15) is 49.4 Å². The molecule has 110 valence electrons. The molecule has 0 bridgehead atoms. The highest BCUT2D eigenvalue weighted by molar-refractivity contribution is 5.85. The van der Waals surface area contributed by atoms with E-state index in [1.54, 1.807) is 11.9 Å². The van der Waals surface area contributed by atoms with Crippen molar-refractivity contribution in [2.75, 3.05) is 7.05 Å². The molecular weight excluding hydrogens is 260 g/mol. The Balaban J connectivity index is 2.17. The third kappa shape index (κ3) is 2.48. The van der Waals surface area contributed by atoms with E-state index in [1.807, 2.05) is 13.8 Å². The smallest absolute Gasteiger partial charge is 0.353 e. The number of aromatic amines is 1. The highest BCUT2D eigenvalue weighted by Gasteiger charge is 2.43. The Hall–Kier alpha value is -2.05. The number of hydrogen-bond acceptors (Lipinski definition) is 3. The minimum atomic E-state index is -1.05. The maximum Gasteiger partial charge on any atom is 0.353 e. The van der Waals surface area contributed by atoms with Crippen molar-refractivity contribution in [1.82, 2.24) is 20.2 Å². The van der Waals surface area contributed by atoms with E-state index in [9.17, 15) is 9.59 Å². The van der Waals surface area contributed by atoms with Crippen molar-refractivity contribution in [2.24, 2.45) is 0 Å². The molecule has 0 unspecified atom stereocenters. The molecule has 0 spiro atoms. The topological polar surface area (TPSA) is 98.3 Å². The van der Waals surface area contributed by atoms with Crippen molar-refractivity contribution in [3.8, 4) is 0 Å². The number of rotatable bonds is 4. The molecule has 7 nitrogen and oxygen atoms in total. The quantitative estimate of drug-likeness (QED) is 0.779. The van der Waals surface area contributed by atoms with Gasteiger partial charge in [0.2, 0.25) is 0 Å². The van der Waals surface area contributed by atoms with E-state index in [4.69, 9.17) is 5.11 Å². The predicted molar refractivity (Wildman–Crippen MR) is 72.5 cm³/mol. The van der Waals surface area contributed by atoms with Crippen molar-refractivity contribution < 1.29 is 14.7 Å². The lowest BCUT2D eigenvalue weighted by molar-refractivity contribution is 0.0690. The molecule has 3 N–H and O–H groups in total. The number of imidazole rings is 1. The van der Waals surface area contributed by atoms with Gasteiger partial charge in [-0.05, 0) is 33.1 Å². The van der Waals surface area contributed by atoms with Crippen LogP contribution in [0.4, 0.5) is 4.79 Å². The lowest BCUT2D eigenvalue weighted by atomic mass is 9.76. The first-order chi connectivity index (χ1) is 9.35. The van der Waals surface area contributed by atoms with Gasteiger partial charge >= 0.3 is 12.0 Å². The first-order valence-electron chi connectivity index (χ1n) is 6.69. The van der Waals surface area contributed by atoms with E-state index in [-0.39, 0.29) is 17.8 Å². The van der Waals surface area contributed by atoms with Gasteiger partial charge in [-0.3, -0.25) is 0 Å². The van der Waals surface area contributed by atoms with Crippen molar-refractivity contribution in [1.29, 1.82) is 0 Å². The van der Waals surface area contributed by atoms with E-state index in [2.05, 4.69) is 15.3 Å². The normalized spacial score (nSPS) is 16.6. The van der Waals surface area contributed by atoms with Crippen LogP contribution < -0.4 is 5.32 Å². The van der Waals surface area contributed by atoms with E-state index >= 15 is 0 Å². The second kappa shape index (κ2) is 5.15. The number of aromatic nitrogens is 2. The average Bonchev–Trinajstić information content (AvgIpc) is 2.82. The van der Waals surface area contributed by atoms with Crippen LogP contribution in [-0.4, -0.2) is 45.1 Å². The number of H-pyrrole nitrogens is 1. The van der Waals surface area contributed by atoms with Crippen LogP contribution in [0.5, 0.6) is 0 Å². The molecule has 0 aliphatic heterocycles. The second-order valence-corrected chi connectivity index (χ2v) is 5.52. The number of nitrogens with zero attached hydrogens (tertiary/aromatic N) is 2. The Bertz CT molecular complexity index is 519. The number of carboxylic acids is 1. The molecule has 2 amide bonds. The van der Waals surface area contributed by atoms with Crippen molar-refractivity contribution in [3.63, 3.8) is 0 Å². The predicted octanol–water partition coefficient (Wildman–Crippen LogP) is 1.54. The van der Waals surface area contributed by atoms with E-state index < -0.39 is 11.5 Å². The molecule has 1 aliphatic rings. The fourth-order valence-corrected chi connectivity index (χ4v) is 2.15. The minimum absolute atomic E-state index is 0.0396. The first kappa shape index (κ1) is 14.4. The number of carboxylic acid groups (broad SMARTS) is 1. The summed E-state index contributed by atoms with van der Waals surface area (Å²) in [6.45, 7) is 3.87. The van der Waals surface area contributed by atoms with Crippen LogP contribution in [0.25, 0.3) is 0 Å². The molecule has 1 saturated carbocycles. The van der Waals surface area contributed by atoms with Gasteiger partial charge in [-0.2, -0.15) is 0 Å². The molecule has 0 saturated heterocycles. The molecule has 1 fully saturated rings. The molecule has 0 atom stereocenters. The zero-order chi connectivity index (χ0) is 14.9. The number of carbonyl (C=O) groups is 2. The van der Waals surface area contributed by atoms with Gasteiger partial charge in [-0.25, -0.2) is 14.6 Å². The van der Waals surface area contributed by atoms with Gasteiger partial charge in [0.05, 0.1) is 11.7 Å². The molecule has 1 aromatic heterocycles. The highest BCUT2D eigenvalue weighted by Crippen LogP contribution is 2.39. The minimum Gasteiger partial charge on any atom is -0.477 e. The van der Waals surface area contributed by atoms with Crippen LogP contribution in [0.15, 0.2) is 6.20 Å². The summed E-state index contributed by atoms with van der Waals surface area (Å²) in [7, 11) is 1.73. The molecule has 0 radical (unpaired) electrons. The largest absolute Gasteiger partial charge is 0.477 e. The summed E-state index contributed by atoms with van der Waals surface area (Å²) in [5.74, 6) is -0.532. The van der Waals surface area contributed by atoms with E-state index in [1.165, 1.54) is 6.20 Å². The van der Waals surface area contributed by atoms with Crippen LogP contribution in [0.2, 0.25) is 0 Å². The Labute approximate surface area is 117 Å². The van der Waals surface area contributed by atoms with Crippen LogP contribution in [0.3, 0.4) is 0 Å². The summed E-state index contributed by atoms with van der Waals surface area (Å²) >= 11 is 0. The summed E-state index contributed by atoms with van der Waals surface area (Å²) in [6, 6.07) is -0.0775. The third-order valence-corrected chi connectivity index (χ3v) is 3.91. The van der Waals surface area contributed by atoms with Gasteiger partial charge in [-0.1, -0.05) is 0 Å². The Kier molecular flexibility index (Phi) is 3.69. The molecule has 1 aliphatic carbocycles. The fraction of sp³-hybridized carbons (Fsp3) is 0.615. The summed E-state index contributed by atoms with van der Waals surface area (Å²) in [4.78, 5) is 31.6. The monoisotopic (exact) mass is 280 g/mol. The van der Waals surface area contributed by atoms with Crippen LogP contribution in [-0.2, 0) is 5.54 Å². The summed E-state index contributed by atoms with van der Waals surface area (Å²) in [5, 5.41) is 11.9. The molecule has 7 heteroatoms. The van der Waals surface area contributed by atoms with E-state index in [0.29, 0.717) is 5.82 Å². The van der Waals surface area contributed by atoms with Gasteiger partial charge in [0.1, 0.15) is 11.5 Å². The second-order valence-electron chi connectivity index (χ2n) is 5.52. The maximum absolute atomic E-state index is 12.2. The lowest BCUT2D eigenvalue weighted by Gasteiger charge is -2.42. The number of urea groups is 1. The average molecular weight is 280 g/mol. The number of aromatic carboxylic acids is 1. The first-order valence-corrected chi connectivity index (χ1v) is 6.69. The van der Waals surface area contributed by atoms with Crippen LogP contribution >= 0.6 is 0 Å². The van der Waals surface area contributed by atoms with Crippen molar-refractivity contribution in [2.45, 2.75) is 44.7 Å². The Morgan fingerprint density at radius 1 is 1.50 bits per heavy atom. The van der Waals surface area contributed by atoms with Crippen molar-refractivity contribution in [3.05, 3.63) is 17.7 Å². The van der Waals surface area contributed by atoms with E-state index in [0.717, 1.165) is 19.3 Å². The molecule has 20 heavy (non-hydrogen) atoms. The Morgan fingerprint density at radius 3 is 2.55 bits per heavy atom. The zero-order valence-corrected chi connectivity index (χ0v) is 11.9. The number of nitrogens with one attached hydrogen (secondary N) is 2. The standard InChI is InChI=1S/C13H20N4O3/c1-8(2)17(3)12(20)16-13(5-4-6-13)11-14-7-9(15-11)10(18)19/h7-8H,4-6H2,1-3H3,(H,14,15)(H,16,20)(H,18,19). The highest BCUT2D eigenvalue weighted by atomic mass is 16.4. The fourth-order valence-electron chi connectivity index (χ4n) is 2.15. The van der Waals surface area contributed by atoms with Crippen molar-refractivity contribution >= 4 is 12.0 Å². The van der Waals surface area contributed by atoms with Crippen LogP contribution in [0, 0.1) is 0 Å². The summed E-state index contributed by atoms with van der Waals surface area (Å²) < 4.78 is 0. The molecule has 1 aromatic rings. The van der Waals surface area contributed by atoms with Gasteiger partial charge in [-0.15, -0.1) is 0 Å². The molecule has 1 heterocycles. The summed E-state index contributed by atoms with van der Waals surface area (Å²) in [5.41, 5.74) is -0.522. The zero-order valence-electron chi connectivity index (χ0n) is 11.9. The van der Waals surface area contributed by atoms with Gasteiger partial charge in [0, 0.05) is 13.1 Å². The number of amides is 2. The number of carbonyl (C=O) groups excluding carboxylic acids is 1. The number of hydrogen-bond donors (Lipinski definition) is 3. The van der Waals surface area contributed by atoms with Gasteiger partial charge < -0.3 is 20.3 Å². The lowest BCUT2D eigenvalue weighted by Crippen LogP contribution is -2.55. The van der Waals surface area contributed by atoms with Gasteiger partial charge in [0.15, 0.2) is 0 Å². The SMILES string of the molecule is CC(C)N(C)C(=O)NC1(c2ncc(C(=O)O)[nH]2)CCC1.